The smallest absolute Gasteiger partial charge is 0.120 e. The first-order valence-corrected chi connectivity index (χ1v) is 4.09. The van der Waals surface area contributed by atoms with Gasteiger partial charge >= 0.3 is 0 Å². The minimum Gasteiger partial charge on any atom is -0.490 e. The highest BCUT2D eigenvalue weighted by Crippen LogP contribution is 2.31. The maximum atomic E-state index is 5.89. The van der Waals surface area contributed by atoms with E-state index in [1.165, 1.54) is 5.57 Å². The molecule has 0 aromatic rings. The third-order valence-corrected chi connectivity index (χ3v) is 2.26. The first-order valence-electron chi connectivity index (χ1n) is 4.09. The molecule has 0 fully saturated rings. The van der Waals surface area contributed by atoms with E-state index in [1.807, 2.05) is 6.08 Å². The van der Waals surface area contributed by atoms with Crippen molar-refractivity contribution in [2.45, 2.75) is 31.9 Å². The molecule has 0 amide bonds. The maximum absolute atomic E-state index is 5.89. The van der Waals surface area contributed by atoms with Crippen molar-refractivity contribution in [1.82, 2.24) is 0 Å². The van der Waals surface area contributed by atoms with Crippen LogP contribution in [-0.4, -0.2) is 12.1 Å². The second-order valence-electron chi connectivity index (χ2n) is 3.27. The third-order valence-electron chi connectivity index (χ3n) is 2.26. The molecule has 0 aromatic carbocycles. The van der Waals surface area contributed by atoms with Gasteiger partial charge in [-0.1, -0.05) is 6.08 Å². The highest BCUT2D eigenvalue weighted by atomic mass is 16.5. The molecule has 2 atom stereocenters. The first-order chi connectivity index (χ1) is 5.27. The summed E-state index contributed by atoms with van der Waals surface area (Å²) < 4.78 is 5.55. The Hall–Kier alpha value is -0.760. The number of allylic oxidation sites excluding steroid dienone is 1. The zero-order chi connectivity index (χ0) is 7.84. The fraction of sp³-hybridized carbons (Fsp3) is 0.556. The molecule has 2 N–H and O–H groups in total. The van der Waals surface area contributed by atoms with Gasteiger partial charge in [-0.2, -0.15) is 0 Å². The lowest BCUT2D eigenvalue weighted by Crippen LogP contribution is -2.23. The Bertz CT molecular complexity index is 230. The van der Waals surface area contributed by atoms with Gasteiger partial charge in [0, 0.05) is 12.5 Å². The molecule has 1 aliphatic heterocycles. The second kappa shape index (κ2) is 2.38. The van der Waals surface area contributed by atoms with E-state index >= 15 is 0 Å². The number of hydrogen-bond acceptors (Lipinski definition) is 2. The fourth-order valence-corrected chi connectivity index (χ4v) is 1.69. The van der Waals surface area contributed by atoms with Gasteiger partial charge in [0.25, 0.3) is 0 Å². The lowest BCUT2D eigenvalue weighted by molar-refractivity contribution is 0.169. The summed E-state index contributed by atoms with van der Waals surface area (Å²) in [5.74, 6) is 1.02. The van der Waals surface area contributed by atoms with Crippen LogP contribution in [0.2, 0.25) is 0 Å². The summed E-state index contributed by atoms with van der Waals surface area (Å²) >= 11 is 0. The van der Waals surface area contributed by atoms with Crippen LogP contribution in [-0.2, 0) is 4.74 Å². The van der Waals surface area contributed by atoms with Crippen LogP contribution in [0.4, 0.5) is 0 Å². The Kier molecular flexibility index (Phi) is 1.50. The molecule has 2 unspecified atom stereocenters. The molecule has 0 aromatic heterocycles. The number of nitrogens with two attached hydrogens (primary N) is 1. The summed E-state index contributed by atoms with van der Waals surface area (Å²) in [6, 6.07) is 0.208. The van der Waals surface area contributed by atoms with Crippen molar-refractivity contribution in [3.05, 3.63) is 23.5 Å². The molecular formula is C9H13NO. The Labute approximate surface area is 66.7 Å². The monoisotopic (exact) mass is 151 g/mol. The van der Waals surface area contributed by atoms with Crippen molar-refractivity contribution >= 4 is 0 Å². The SMILES string of the molecule is CC1CC2=C(C=CCC2N)O1. The lowest BCUT2D eigenvalue weighted by atomic mass is 9.96. The summed E-state index contributed by atoms with van der Waals surface area (Å²) in [7, 11) is 0. The molecule has 0 saturated heterocycles. The van der Waals surface area contributed by atoms with Crippen molar-refractivity contribution in [3.8, 4) is 0 Å². The van der Waals surface area contributed by atoms with Crippen LogP contribution in [0.15, 0.2) is 23.5 Å². The van der Waals surface area contributed by atoms with Gasteiger partial charge in [0.05, 0.1) is 6.10 Å². The number of rotatable bonds is 0. The van der Waals surface area contributed by atoms with Crippen LogP contribution in [0.1, 0.15) is 19.8 Å². The summed E-state index contributed by atoms with van der Waals surface area (Å²) in [5.41, 5.74) is 7.20. The Morgan fingerprint density at radius 1 is 1.64 bits per heavy atom. The van der Waals surface area contributed by atoms with Crippen molar-refractivity contribution in [1.29, 1.82) is 0 Å². The van der Waals surface area contributed by atoms with Crippen LogP contribution in [0, 0.1) is 0 Å². The van der Waals surface area contributed by atoms with Crippen LogP contribution in [0.25, 0.3) is 0 Å². The molecule has 0 spiro atoms. The van der Waals surface area contributed by atoms with Crippen molar-refractivity contribution in [3.63, 3.8) is 0 Å². The van der Waals surface area contributed by atoms with Gasteiger partial charge < -0.3 is 10.5 Å². The van der Waals surface area contributed by atoms with Crippen LogP contribution in [0.5, 0.6) is 0 Å². The topological polar surface area (TPSA) is 35.2 Å². The third kappa shape index (κ3) is 1.07. The highest BCUT2D eigenvalue weighted by molar-refractivity contribution is 5.32. The van der Waals surface area contributed by atoms with E-state index < -0.39 is 0 Å². The fourth-order valence-electron chi connectivity index (χ4n) is 1.69. The van der Waals surface area contributed by atoms with Gasteiger partial charge in [0.15, 0.2) is 0 Å². The van der Waals surface area contributed by atoms with E-state index in [0.717, 1.165) is 18.6 Å². The molecule has 2 rings (SSSR count). The van der Waals surface area contributed by atoms with E-state index in [4.69, 9.17) is 10.5 Å². The molecular weight excluding hydrogens is 138 g/mol. The zero-order valence-corrected chi connectivity index (χ0v) is 6.71. The minimum absolute atomic E-state index is 0.208. The average Bonchev–Trinajstić information content (AvgIpc) is 2.31. The predicted molar refractivity (Wildman–Crippen MR) is 43.9 cm³/mol. The van der Waals surface area contributed by atoms with Gasteiger partial charge in [-0.05, 0) is 25.0 Å². The Morgan fingerprint density at radius 3 is 3.18 bits per heavy atom. The summed E-state index contributed by atoms with van der Waals surface area (Å²) in [6.07, 6.45) is 6.44. The van der Waals surface area contributed by atoms with Gasteiger partial charge in [-0.3, -0.25) is 0 Å². The second-order valence-corrected chi connectivity index (χ2v) is 3.27. The minimum atomic E-state index is 0.208. The quantitative estimate of drug-likeness (QED) is 0.567. The number of ether oxygens (including phenoxy) is 1. The molecule has 0 saturated carbocycles. The molecule has 2 aliphatic rings. The lowest BCUT2D eigenvalue weighted by Gasteiger charge is -2.13. The van der Waals surface area contributed by atoms with Crippen molar-refractivity contribution in [2.24, 2.45) is 5.73 Å². The molecule has 60 valence electrons. The van der Waals surface area contributed by atoms with Gasteiger partial charge in [-0.15, -0.1) is 0 Å². The predicted octanol–water partition coefficient (Wildman–Crippen LogP) is 1.34. The molecule has 2 nitrogen and oxygen atoms in total. The largest absolute Gasteiger partial charge is 0.490 e. The van der Waals surface area contributed by atoms with E-state index in [1.54, 1.807) is 0 Å². The van der Waals surface area contributed by atoms with Crippen LogP contribution in [0.3, 0.4) is 0 Å². The van der Waals surface area contributed by atoms with Gasteiger partial charge in [0.2, 0.25) is 0 Å². The molecule has 11 heavy (non-hydrogen) atoms. The summed E-state index contributed by atoms with van der Waals surface area (Å²) in [5, 5.41) is 0. The van der Waals surface area contributed by atoms with Gasteiger partial charge in [-0.25, -0.2) is 0 Å². The molecule has 0 bridgehead atoms. The Balaban J connectivity index is 2.25. The van der Waals surface area contributed by atoms with Crippen LogP contribution >= 0.6 is 0 Å². The molecule has 1 heterocycles. The van der Waals surface area contributed by atoms with Crippen LogP contribution < -0.4 is 5.73 Å². The maximum Gasteiger partial charge on any atom is 0.120 e. The Morgan fingerprint density at radius 2 is 2.45 bits per heavy atom. The van der Waals surface area contributed by atoms with Gasteiger partial charge in [0.1, 0.15) is 5.76 Å². The molecule has 1 aliphatic carbocycles. The average molecular weight is 151 g/mol. The summed E-state index contributed by atoms with van der Waals surface area (Å²) in [4.78, 5) is 0. The van der Waals surface area contributed by atoms with E-state index in [9.17, 15) is 0 Å². The highest BCUT2D eigenvalue weighted by Gasteiger charge is 2.26. The van der Waals surface area contributed by atoms with Crippen molar-refractivity contribution in [2.75, 3.05) is 0 Å². The standard InChI is InChI=1S/C9H13NO/c1-6-5-7-8(10)3-2-4-9(7)11-6/h2,4,6,8H,3,5,10H2,1H3. The zero-order valence-electron chi connectivity index (χ0n) is 6.71. The van der Waals surface area contributed by atoms with E-state index in [2.05, 4.69) is 13.0 Å². The van der Waals surface area contributed by atoms with Crippen molar-refractivity contribution < 1.29 is 4.74 Å². The first kappa shape index (κ1) is 6.92. The van der Waals surface area contributed by atoms with E-state index in [-0.39, 0.29) is 6.04 Å². The summed E-state index contributed by atoms with van der Waals surface area (Å²) in [6.45, 7) is 2.08. The molecule has 2 heteroatoms. The molecule has 0 radical (unpaired) electrons. The number of hydrogen-bond donors (Lipinski definition) is 1. The van der Waals surface area contributed by atoms with E-state index in [0.29, 0.717) is 6.10 Å². The normalized spacial score (nSPS) is 35.5.